The Morgan fingerprint density at radius 2 is 1.83 bits per heavy atom. The normalized spacial score (nSPS) is 26.1. The van der Waals surface area contributed by atoms with Crippen LogP contribution in [0.25, 0.3) is 0 Å². The summed E-state index contributed by atoms with van der Waals surface area (Å²) in [4.78, 5) is 0.738. The van der Waals surface area contributed by atoms with Gasteiger partial charge in [-0.05, 0) is 61.3 Å². The number of sulfone groups is 1. The van der Waals surface area contributed by atoms with Gasteiger partial charge in [0.05, 0.1) is 9.79 Å². The molecule has 126 valence electrons. The Morgan fingerprint density at radius 3 is 2.62 bits per heavy atom. The van der Waals surface area contributed by atoms with Crippen molar-refractivity contribution in [3.8, 4) is 0 Å². The van der Waals surface area contributed by atoms with Crippen LogP contribution < -0.4 is 10.6 Å². The average Bonchev–Trinajstić information content (AvgIpc) is 2.86. The predicted octanol–water partition coefficient (Wildman–Crippen LogP) is 3.03. The lowest BCUT2D eigenvalue weighted by Gasteiger charge is -2.22. The fourth-order valence-corrected chi connectivity index (χ4v) is 5.34. The van der Waals surface area contributed by atoms with Gasteiger partial charge in [0.15, 0.2) is 0 Å². The molecule has 1 unspecified atom stereocenters. The molecule has 0 bridgehead atoms. The van der Waals surface area contributed by atoms with Crippen molar-refractivity contribution in [2.24, 2.45) is 5.92 Å². The van der Waals surface area contributed by atoms with E-state index in [1.54, 1.807) is 30.3 Å². The van der Waals surface area contributed by atoms with Gasteiger partial charge in [0.25, 0.3) is 0 Å². The summed E-state index contributed by atoms with van der Waals surface area (Å²) in [6, 6.07) is 14.6. The first kappa shape index (κ1) is 15.7. The summed E-state index contributed by atoms with van der Waals surface area (Å²) >= 11 is 0. The Balaban J connectivity index is 1.77. The molecule has 0 saturated carbocycles. The zero-order valence-electron chi connectivity index (χ0n) is 13.7. The van der Waals surface area contributed by atoms with E-state index in [4.69, 9.17) is 0 Å². The summed E-state index contributed by atoms with van der Waals surface area (Å²) in [6.07, 6.45) is 1.06. The summed E-state index contributed by atoms with van der Waals surface area (Å²) in [7, 11) is -3.47. The maximum atomic E-state index is 12.9. The van der Waals surface area contributed by atoms with Crippen LogP contribution in [0.2, 0.25) is 0 Å². The largest absolute Gasteiger partial charge is 0.381 e. The van der Waals surface area contributed by atoms with Gasteiger partial charge >= 0.3 is 0 Å². The van der Waals surface area contributed by atoms with Crippen molar-refractivity contribution < 1.29 is 8.42 Å². The van der Waals surface area contributed by atoms with E-state index < -0.39 is 9.84 Å². The molecule has 0 aliphatic carbocycles. The van der Waals surface area contributed by atoms with E-state index in [9.17, 15) is 8.42 Å². The van der Waals surface area contributed by atoms with Gasteiger partial charge in [0.2, 0.25) is 9.84 Å². The van der Waals surface area contributed by atoms with Gasteiger partial charge in [-0.1, -0.05) is 25.1 Å². The van der Waals surface area contributed by atoms with E-state index in [0.29, 0.717) is 27.7 Å². The molecule has 2 N–H and O–H groups in total. The third-order valence-corrected chi connectivity index (χ3v) is 7.00. The van der Waals surface area contributed by atoms with Crippen LogP contribution in [-0.2, 0) is 9.84 Å². The third kappa shape index (κ3) is 2.52. The maximum absolute atomic E-state index is 12.9. The van der Waals surface area contributed by atoms with Crippen LogP contribution >= 0.6 is 0 Å². The number of hydrogen-bond acceptors (Lipinski definition) is 4. The quantitative estimate of drug-likeness (QED) is 0.881. The van der Waals surface area contributed by atoms with Crippen LogP contribution in [0.15, 0.2) is 58.3 Å². The molecule has 3 atom stereocenters. The standard InChI is InChI=1S/C19H22N2O2S/c1-13-12-20-10-9-18-19(13)16-11-15(7-8-17(16)21-18)24(22,23)14-5-3-2-4-6-14/h2-8,11,13,18-21H,9-10,12H2,1H3/t13?,18-,19+/m1/s1. The number of nitrogens with one attached hydrogen (secondary N) is 2. The first-order chi connectivity index (χ1) is 11.6. The van der Waals surface area contributed by atoms with Crippen molar-refractivity contribution in [1.29, 1.82) is 0 Å². The highest BCUT2D eigenvalue weighted by Crippen LogP contribution is 2.43. The molecule has 24 heavy (non-hydrogen) atoms. The molecule has 0 aromatic heterocycles. The summed E-state index contributed by atoms with van der Waals surface area (Å²) < 4.78 is 25.8. The van der Waals surface area contributed by atoms with Gasteiger partial charge in [-0.15, -0.1) is 0 Å². The molecular formula is C19H22N2O2S. The van der Waals surface area contributed by atoms with E-state index >= 15 is 0 Å². The van der Waals surface area contributed by atoms with Crippen molar-refractivity contribution >= 4 is 15.5 Å². The minimum atomic E-state index is -3.47. The second-order valence-corrected chi connectivity index (χ2v) is 8.76. The highest BCUT2D eigenvalue weighted by molar-refractivity contribution is 7.91. The summed E-state index contributed by atoms with van der Waals surface area (Å²) in [5, 5.41) is 7.06. The van der Waals surface area contributed by atoms with Crippen LogP contribution in [0.4, 0.5) is 5.69 Å². The Hall–Kier alpha value is -1.85. The molecule has 1 saturated heterocycles. The first-order valence-corrected chi connectivity index (χ1v) is 9.97. The molecule has 2 aromatic carbocycles. The van der Waals surface area contributed by atoms with Gasteiger partial charge in [0, 0.05) is 17.6 Å². The van der Waals surface area contributed by atoms with Crippen LogP contribution in [-0.4, -0.2) is 27.5 Å². The lowest BCUT2D eigenvalue weighted by Crippen LogP contribution is -2.25. The van der Waals surface area contributed by atoms with Crippen molar-refractivity contribution in [1.82, 2.24) is 5.32 Å². The molecule has 0 amide bonds. The lowest BCUT2D eigenvalue weighted by atomic mass is 9.84. The highest BCUT2D eigenvalue weighted by Gasteiger charge is 2.37. The van der Waals surface area contributed by atoms with E-state index in [-0.39, 0.29) is 0 Å². The average molecular weight is 342 g/mol. The minimum Gasteiger partial charge on any atom is -0.381 e. The van der Waals surface area contributed by atoms with Gasteiger partial charge in [-0.25, -0.2) is 8.42 Å². The van der Waals surface area contributed by atoms with Gasteiger partial charge < -0.3 is 10.6 Å². The maximum Gasteiger partial charge on any atom is 0.206 e. The summed E-state index contributed by atoms with van der Waals surface area (Å²) in [5.74, 6) is 0.835. The smallest absolute Gasteiger partial charge is 0.206 e. The second-order valence-electron chi connectivity index (χ2n) is 6.81. The molecular weight excluding hydrogens is 320 g/mol. The summed E-state index contributed by atoms with van der Waals surface area (Å²) in [5.41, 5.74) is 2.24. The number of benzene rings is 2. The van der Waals surface area contributed by atoms with Crippen molar-refractivity contribution in [2.75, 3.05) is 18.4 Å². The van der Waals surface area contributed by atoms with Gasteiger partial charge in [-0.2, -0.15) is 0 Å². The SMILES string of the molecule is CC1CNCC[C@H]2Nc3ccc(S(=O)(=O)c4ccccc4)cc3[C@H]12. The topological polar surface area (TPSA) is 58.2 Å². The number of rotatable bonds is 2. The van der Waals surface area contributed by atoms with E-state index in [2.05, 4.69) is 17.6 Å². The predicted molar refractivity (Wildman–Crippen MR) is 95.1 cm³/mol. The van der Waals surface area contributed by atoms with Crippen molar-refractivity contribution in [3.05, 3.63) is 54.1 Å². The van der Waals surface area contributed by atoms with Crippen LogP contribution in [0.1, 0.15) is 24.8 Å². The molecule has 1 fully saturated rings. The van der Waals surface area contributed by atoms with E-state index in [1.165, 1.54) is 0 Å². The van der Waals surface area contributed by atoms with E-state index in [1.807, 2.05) is 18.2 Å². The Kier molecular flexibility index (Phi) is 3.85. The second kappa shape index (κ2) is 5.90. The van der Waals surface area contributed by atoms with E-state index in [0.717, 1.165) is 30.8 Å². The van der Waals surface area contributed by atoms with Crippen LogP contribution in [0.5, 0.6) is 0 Å². The Labute approximate surface area is 143 Å². The zero-order chi connectivity index (χ0) is 16.7. The van der Waals surface area contributed by atoms with Gasteiger partial charge in [0.1, 0.15) is 0 Å². The monoisotopic (exact) mass is 342 g/mol. The molecule has 2 aliphatic rings. The molecule has 2 heterocycles. The fourth-order valence-electron chi connectivity index (χ4n) is 4.03. The molecule has 4 nitrogen and oxygen atoms in total. The first-order valence-electron chi connectivity index (χ1n) is 8.49. The highest BCUT2D eigenvalue weighted by atomic mass is 32.2. The molecule has 0 spiro atoms. The zero-order valence-corrected chi connectivity index (χ0v) is 14.5. The molecule has 2 aromatic rings. The molecule has 2 aliphatic heterocycles. The summed E-state index contributed by atoms with van der Waals surface area (Å²) in [6.45, 7) is 4.21. The van der Waals surface area contributed by atoms with Gasteiger partial charge in [-0.3, -0.25) is 0 Å². The number of anilines is 1. The molecule has 5 heteroatoms. The Morgan fingerprint density at radius 1 is 1.04 bits per heavy atom. The number of hydrogen-bond donors (Lipinski definition) is 2. The van der Waals surface area contributed by atoms with Crippen molar-refractivity contribution in [3.63, 3.8) is 0 Å². The molecule has 0 radical (unpaired) electrons. The minimum absolute atomic E-state index is 0.350. The third-order valence-electron chi connectivity index (χ3n) is 5.23. The Bertz CT molecular complexity index is 849. The molecule has 4 rings (SSSR count). The van der Waals surface area contributed by atoms with Crippen LogP contribution in [0, 0.1) is 5.92 Å². The van der Waals surface area contributed by atoms with Crippen molar-refractivity contribution in [2.45, 2.75) is 35.1 Å². The van der Waals surface area contributed by atoms with Crippen LogP contribution in [0.3, 0.4) is 0 Å². The lowest BCUT2D eigenvalue weighted by molar-refractivity contribution is 0.443. The fraction of sp³-hybridized carbons (Fsp3) is 0.368. The number of fused-ring (bicyclic) bond motifs is 3.